The summed E-state index contributed by atoms with van der Waals surface area (Å²) in [7, 11) is 1.64. The summed E-state index contributed by atoms with van der Waals surface area (Å²) in [6.07, 6.45) is 11.0. The molecule has 0 spiro atoms. The number of aliphatic hydroxyl groups is 2. The summed E-state index contributed by atoms with van der Waals surface area (Å²) in [5.74, 6) is 1.07. The lowest BCUT2D eigenvalue weighted by Crippen LogP contribution is -2.62. The number of cyclic esters (lactones) is 1. The molecule has 4 aliphatic carbocycles. The summed E-state index contributed by atoms with van der Waals surface area (Å²) in [6.45, 7) is 6.91. The molecule has 2 N–H and O–H groups in total. The number of hydrogen-bond donors (Lipinski definition) is 2. The Morgan fingerprint density at radius 2 is 1.89 bits per heavy atom. The van der Waals surface area contributed by atoms with E-state index in [1.165, 1.54) is 0 Å². The molecule has 6 rings (SSSR count). The number of fused-ring (bicyclic) bond motifs is 5. The zero-order chi connectivity index (χ0) is 26.2. The Kier molecular flexibility index (Phi) is 6.43. The summed E-state index contributed by atoms with van der Waals surface area (Å²) >= 11 is 0. The smallest absolute Gasteiger partial charge is 0.331 e. The number of carbonyl (C=O) groups excluding carboxylic acids is 1. The number of aliphatic hydroxyl groups excluding tert-OH is 1. The van der Waals surface area contributed by atoms with Gasteiger partial charge in [0, 0.05) is 30.6 Å². The molecule has 11 atom stereocenters. The lowest BCUT2D eigenvalue weighted by Gasteiger charge is -2.63. The quantitative estimate of drug-likeness (QED) is 0.430. The highest BCUT2D eigenvalue weighted by atomic mass is 16.7. The average molecular weight is 517 g/mol. The second-order valence-electron chi connectivity index (χ2n) is 13.2. The summed E-state index contributed by atoms with van der Waals surface area (Å²) in [5.41, 5.74) is 1.21. The van der Waals surface area contributed by atoms with Gasteiger partial charge in [0.25, 0.3) is 0 Å². The maximum Gasteiger partial charge on any atom is 0.331 e. The lowest BCUT2D eigenvalue weighted by atomic mass is 9.43. The van der Waals surface area contributed by atoms with E-state index in [4.69, 9.17) is 18.9 Å². The van der Waals surface area contributed by atoms with E-state index in [1.54, 1.807) is 13.2 Å². The maximum absolute atomic E-state index is 12.4. The van der Waals surface area contributed by atoms with Gasteiger partial charge >= 0.3 is 5.97 Å². The normalized spacial score (nSPS) is 51.5. The minimum absolute atomic E-state index is 0.156. The number of esters is 1. The van der Waals surface area contributed by atoms with Crippen LogP contribution in [0.4, 0.5) is 0 Å². The lowest BCUT2D eigenvalue weighted by molar-refractivity contribution is -0.273. The molecule has 0 radical (unpaired) electrons. The highest BCUT2D eigenvalue weighted by Gasteiger charge is 2.65. The van der Waals surface area contributed by atoms with Gasteiger partial charge in [-0.3, -0.25) is 0 Å². The van der Waals surface area contributed by atoms with Gasteiger partial charge in [0.2, 0.25) is 0 Å². The van der Waals surface area contributed by atoms with Crippen molar-refractivity contribution < 1.29 is 34.0 Å². The fourth-order valence-electron chi connectivity index (χ4n) is 9.44. The standard InChI is InChI=1S/C30H44O7/c1-17-27(32)24(34-4)15-26(36-17)37-20-7-10-28(2)19(14-20)5-6-23-22(28)8-11-29(3)21(9-12-30(23,29)33)18-13-25(31)35-16-18/h9,13,17,19-20,22-24,26-27,32-33H,5-8,10-12,14-16H2,1-4H3/t17-,19-,20+,22+,23-,24-,26+,27+,28+,29-,30+/m1/s1. The third-order valence-corrected chi connectivity index (χ3v) is 11.7. The molecular weight excluding hydrogens is 472 g/mol. The van der Waals surface area contributed by atoms with Crippen molar-refractivity contribution in [2.45, 2.75) is 115 Å². The monoisotopic (exact) mass is 516 g/mol. The Morgan fingerprint density at radius 1 is 1.08 bits per heavy atom. The van der Waals surface area contributed by atoms with Crippen molar-refractivity contribution in [2.75, 3.05) is 13.7 Å². The minimum Gasteiger partial charge on any atom is -0.458 e. The Balaban J connectivity index is 1.15. The minimum atomic E-state index is -0.763. The number of rotatable bonds is 4. The zero-order valence-electron chi connectivity index (χ0n) is 22.8. The topological polar surface area (TPSA) is 94.5 Å². The van der Waals surface area contributed by atoms with Crippen molar-refractivity contribution in [1.29, 1.82) is 0 Å². The van der Waals surface area contributed by atoms with E-state index in [0.717, 1.165) is 56.1 Å². The molecule has 2 heterocycles. The van der Waals surface area contributed by atoms with Crippen molar-refractivity contribution >= 4 is 5.97 Å². The van der Waals surface area contributed by atoms with Gasteiger partial charge in [-0.2, -0.15) is 0 Å². The van der Waals surface area contributed by atoms with Gasteiger partial charge in [-0.15, -0.1) is 0 Å². The number of hydrogen-bond acceptors (Lipinski definition) is 7. The molecule has 3 saturated carbocycles. The largest absolute Gasteiger partial charge is 0.458 e. The molecule has 0 unspecified atom stereocenters. The van der Waals surface area contributed by atoms with Gasteiger partial charge in [-0.05, 0) is 87.0 Å². The van der Waals surface area contributed by atoms with Crippen LogP contribution in [0.1, 0.15) is 78.6 Å². The van der Waals surface area contributed by atoms with Crippen LogP contribution in [0.3, 0.4) is 0 Å². The number of methoxy groups -OCH3 is 1. The van der Waals surface area contributed by atoms with Crippen LogP contribution in [0.5, 0.6) is 0 Å². The summed E-state index contributed by atoms with van der Waals surface area (Å²) < 4.78 is 23.2. The molecule has 4 fully saturated rings. The van der Waals surface area contributed by atoms with Gasteiger partial charge in [-0.25, -0.2) is 4.79 Å². The predicted octanol–water partition coefficient (Wildman–Crippen LogP) is 4.06. The summed E-state index contributed by atoms with van der Waals surface area (Å²) in [4.78, 5) is 11.8. The zero-order valence-corrected chi connectivity index (χ0v) is 22.8. The van der Waals surface area contributed by atoms with Crippen molar-refractivity contribution in [3.8, 4) is 0 Å². The Bertz CT molecular complexity index is 990. The van der Waals surface area contributed by atoms with Crippen LogP contribution in [0.15, 0.2) is 23.3 Å². The molecular formula is C30H44O7. The molecule has 37 heavy (non-hydrogen) atoms. The number of ether oxygens (including phenoxy) is 4. The van der Waals surface area contributed by atoms with Crippen LogP contribution in [-0.2, 0) is 23.7 Å². The molecule has 7 heteroatoms. The molecule has 7 nitrogen and oxygen atoms in total. The van der Waals surface area contributed by atoms with E-state index in [0.29, 0.717) is 31.3 Å². The van der Waals surface area contributed by atoms with Crippen LogP contribution in [0, 0.1) is 28.6 Å². The Hall–Kier alpha value is -1.25. The predicted molar refractivity (Wildman–Crippen MR) is 136 cm³/mol. The molecule has 0 amide bonds. The van der Waals surface area contributed by atoms with E-state index in [2.05, 4.69) is 19.9 Å². The molecule has 0 aromatic rings. The van der Waals surface area contributed by atoms with Gasteiger partial charge in [0.05, 0.1) is 23.9 Å². The molecule has 1 saturated heterocycles. The third-order valence-electron chi connectivity index (χ3n) is 11.7. The first-order valence-corrected chi connectivity index (χ1v) is 14.4. The summed E-state index contributed by atoms with van der Waals surface area (Å²) in [5, 5.41) is 22.7. The third kappa shape index (κ3) is 3.90. The van der Waals surface area contributed by atoms with Crippen molar-refractivity contribution in [2.24, 2.45) is 28.6 Å². The molecule has 6 aliphatic rings. The molecule has 0 aromatic heterocycles. The van der Waals surface area contributed by atoms with E-state index in [-0.39, 0.29) is 47.3 Å². The molecule has 2 aliphatic heterocycles. The van der Waals surface area contributed by atoms with Crippen molar-refractivity contribution in [1.82, 2.24) is 0 Å². The van der Waals surface area contributed by atoms with Gasteiger partial charge in [-0.1, -0.05) is 19.9 Å². The summed E-state index contributed by atoms with van der Waals surface area (Å²) in [6, 6.07) is 0. The molecule has 0 aromatic carbocycles. The fourth-order valence-corrected chi connectivity index (χ4v) is 9.44. The Morgan fingerprint density at radius 3 is 2.62 bits per heavy atom. The van der Waals surface area contributed by atoms with Crippen LogP contribution in [0.2, 0.25) is 0 Å². The Labute approximate surface area is 220 Å². The van der Waals surface area contributed by atoms with E-state index in [9.17, 15) is 15.0 Å². The van der Waals surface area contributed by atoms with Crippen LogP contribution in [0.25, 0.3) is 0 Å². The van der Waals surface area contributed by atoms with Crippen LogP contribution < -0.4 is 0 Å². The number of carbonyl (C=O) groups is 1. The van der Waals surface area contributed by atoms with E-state index < -0.39 is 11.7 Å². The van der Waals surface area contributed by atoms with Crippen LogP contribution in [-0.4, -0.2) is 66.2 Å². The first-order valence-electron chi connectivity index (χ1n) is 14.4. The van der Waals surface area contributed by atoms with Crippen molar-refractivity contribution in [3.05, 3.63) is 23.3 Å². The first kappa shape index (κ1) is 26.0. The molecule has 0 bridgehead atoms. The van der Waals surface area contributed by atoms with Gasteiger partial charge in [0.15, 0.2) is 6.29 Å². The second kappa shape index (κ2) is 9.16. The SMILES string of the molecule is CO[C@@H]1C[C@H](O[C@H]2CC[C@@]3(C)[C@H](CC[C@@H]4[C@@H]3CC[C@]3(C)C(C5=CC(=O)OC5)=CC[C@]43O)C2)O[C@H](C)[C@@H]1O. The fraction of sp³-hybridized carbons (Fsp3) is 0.833. The molecule has 206 valence electrons. The van der Waals surface area contributed by atoms with E-state index >= 15 is 0 Å². The maximum atomic E-state index is 12.4. The van der Waals surface area contributed by atoms with Crippen LogP contribution >= 0.6 is 0 Å². The van der Waals surface area contributed by atoms with Gasteiger partial charge < -0.3 is 29.2 Å². The van der Waals surface area contributed by atoms with Gasteiger partial charge in [0.1, 0.15) is 12.7 Å². The average Bonchev–Trinajstić information content (AvgIpc) is 3.41. The first-order chi connectivity index (χ1) is 17.6. The second-order valence-corrected chi connectivity index (χ2v) is 13.2. The highest BCUT2D eigenvalue weighted by Crippen LogP contribution is 2.68. The van der Waals surface area contributed by atoms with E-state index in [1.807, 2.05) is 6.92 Å². The highest BCUT2D eigenvalue weighted by molar-refractivity contribution is 5.86. The van der Waals surface area contributed by atoms with Crippen molar-refractivity contribution in [3.63, 3.8) is 0 Å².